The molecule has 0 radical (unpaired) electrons. The van der Waals surface area contributed by atoms with Crippen LogP contribution in [0.15, 0.2) is 48.8 Å². The Morgan fingerprint density at radius 1 is 1.15 bits per heavy atom. The molecule has 33 heavy (non-hydrogen) atoms. The van der Waals surface area contributed by atoms with Crippen molar-refractivity contribution in [1.29, 1.82) is 0 Å². The number of hydrogen-bond donors (Lipinski definition) is 0. The summed E-state index contributed by atoms with van der Waals surface area (Å²) in [5.41, 5.74) is 4.08. The first kappa shape index (κ1) is 21.8. The summed E-state index contributed by atoms with van der Waals surface area (Å²) in [7, 11) is 1.63. The maximum Gasteiger partial charge on any atom is 0.257 e. The van der Waals surface area contributed by atoms with Crippen LogP contribution in [0.4, 0.5) is 5.69 Å². The van der Waals surface area contributed by atoms with Crippen LogP contribution in [-0.4, -0.2) is 66.9 Å². The first-order valence-corrected chi connectivity index (χ1v) is 11.9. The molecule has 0 aliphatic carbocycles. The summed E-state index contributed by atoms with van der Waals surface area (Å²) in [5, 5.41) is 4.34. The molecular weight excluding hydrogens is 416 g/mol. The van der Waals surface area contributed by atoms with E-state index in [1.807, 2.05) is 46.1 Å². The Labute approximate surface area is 194 Å². The highest BCUT2D eigenvalue weighted by Gasteiger charge is 2.27. The number of nitrogens with zero attached hydrogens (tertiary/aromatic N) is 4. The monoisotopic (exact) mass is 448 g/mol. The van der Waals surface area contributed by atoms with Crippen LogP contribution in [0.3, 0.4) is 0 Å². The van der Waals surface area contributed by atoms with E-state index in [1.54, 1.807) is 7.11 Å². The van der Waals surface area contributed by atoms with E-state index < -0.39 is 0 Å². The number of carbonyl (C=O) groups excluding carboxylic acids is 1. The quantitative estimate of drug-likeness (QED) is 0.596. The predicted octanol–water partition coefficient (Wildman–Crippen LogP) is 3.66. The third-order valence-corrected chi connectivity index (χ3v) is 6.79. The van der Waals surface area contributed by atoms with Gasteiger partial charge in [0.1, 0.15) is 5.75 Å². The molecule has 1 aromatic carbocycles. The van der Waals surface area contributed by atoms with E-state index in [9.17, 15) is 4.79 Å². The van der Waals surface area contributed by atoms with Crippen molar-refractivity contribution in [3.05, 3.63) is 59.9 Å². The number of ether oxygens (including phenoxy) is 2. The van der Waals surface area contributed by atoms with Crippen molar-refractivity contribution in [2.75, 3.05) is 51.4 Å². The topological polar surface area (TPSA) is 59.3 Å². The molecule has 1 amide bonds. The summed E-state index contributed by atoms with van der Waals surface area (Å²) in [4.78, 5) is 18.0. The molecule has 2 aliphatic heterocycles. The smallest absolute Gasteiger partial charge is 0.257 e. The average Bonchev–Trinajstić information content (AvgIpc) is 3.23. The van der Waals surface area contributed by atoms with E-state index in [0.717, 1.165) is 30.7 Å². The lowest BCUT2D eigenvalue weighted by molar-refractivity contribution is 0.0734. The zero-order valence-electron chi connectivity index (χ0n) is 19.3. The van der Waals surface area contributed by atoms with Gasteiger partial charge in [0.2, 0.25) is 0 Å². The molecule has 0 spiro atoms. The number of carbonyl (C=O) groups is 1. The van der Waals surface area contributed by atoms with Crippen molar-refractivity contribution >= 4 is 17.1 Å². The molecule has 2 fully saturated rings. The van der Waals surface area contributed by atoms with Gasteiger partial charge in [0.15, 0.2) is 0 Å². The van der Waals surface area contributed by atoms with Crippen LogP contribution in [0.2, 0.25) is 0 Å². The number of aromatic nitrogens is 2. The zero-order valence-corrected chi connectivity index (χ0v) is 19.3. The summed E-state index contributed by atoms with van der Waals surface area (Å²) in [5.74, 6) is 0.865. The van der Waals surface area contributed by atoms with Crippen LogP contribution < -0.4 is 9.64 Å². The Bertz CT molecular complexity index is 1110. The highest BCUT2D eigenvalue weighted by Crippen LogP contribution is 2.29. The molecule has 2 saturated heterocycles. The van der Waals surface area contributed by atoms with E-state index >= 15 is 0 Å². The van der Waals surface area contributed by atoms with Gasteiger partial charge in [0.05, 0.1) is 31.4 Å². The second kappa shape index (κ2) is 9.83. The largest absolute Gasteiger partial charge is 0.496 e. The van der Waals surface area contributed by atoms with E-state index in [1.165, 1.54) is 24.8 Å². The van der Waals surface area contributed by atoms with Crippen molar-refractivity contribution in [1.82, 2.24) is 14.5 Å². The Morgan fingerprint density at radius 3 is 2.88 bits per heavy atom. The highest BCUT2D eigenvalue weighted by atomic mass is 16.5. The SMILES string of the molecule is COc1ccc(N2CCCCC2)cc1C(=O)N1CCOC[C@@H](Cc2cccn3nccc23)C1. The maximum atomic E-state index is 13.7. The molecule has 0 unspecified atom stereocenters. The summed E-state index contributed by atoms with van der Waals surface area (Å²) < 4.78 is 13.4. The van der Waals surface area contributed by atoms with Gasteiger partial charge in [-0.05, 0) is 61.6 Å². The Hall–Kier alpha value is -3.06. The zero-order chi connectivity index (χ0) is 22.6. The first-order chi connectivity index (χ1) is 16.2. The Kier molecular flexibility index (Phi) is 6.48. The number of piperidine rings is 1. The third kappa shape index (κ3) is 4.69. The maximum absolute atomic E-state index is 13.7. The highest BCUT2D eigenvalue weighted by molar-refractivity contribution is 5.98. The molecule has 7 nitrogen and oxygen atoms in total. The van der Waals surface area contributed by atoms with Gasteiger partial charge in [-0.3, -0.25) is 4.79 Å². The minimum Gasteiger partial charge on any atom is -0.496 e. The molecular formula is C26H32N4O3. The minimum atomic E-state index is 0.0174. The molecule has 174 valence electrons. The van der Waals surface area contributed by atoms with Gasteiger partial charge in [-0.15, -0.1) is 0 Å². The fourth-order valence-electron chi connectivity index (χ4n) is 5.07. The Morgan fingerprint density at radius 2 is 2.03 bits per heavy atom. The fraction of sp³-hybridized carbons (Fsp3) is 0.462. The van der Waals surface area contributed by atoms with Crippen LogP contribution in [0, 0.1) is 5.92 Å². The van der Waals surface area contributed by atoms with Gasteiger partial charge in [0, 0.05) is 50.2 Å². The number of fused-ring (bicyclic) bond motifs is 1. The summed E-state index contributed by atoms with van der Waals surface area (Å²) in [6, 6.07) is 12.2. The molecule has 7 heteroatoms. The molecule has 4 heterocycles. The molecule has 0 bridgehead atoms. The van der Waals surface area contributed by atoms with Crippen LogP contribution in [0.5, 0.6) is 5.75 Å². The van der Waals surface area contributed by atoms with Crippen LogP contribution in [0.25, 0.3) is 5.52 Å². The van der Waals surface area contributed by atoms with E-state index in [2.05, 4.69) is 22.1 Å². The van der Waals surface area contributed by atoms with Crippen LogP contribution >= 0.6 is 0 Å². The van der Waals surface area contributed by atoms with Crippen molar-refractivity contribution in [2.24, 2.45) is 5.92 Å². The number of anilines is 1. The molecule has 0 saturated carbocycles. The minimum absolute atomic E-state index is 0.0174. The van der Waals surface area contributed by atoms with E-state index in [-0.39, 0.29) is 11.8 Å². The van der Waals surface area contributed by atoms with Gasteiger partial charge < -0.3 is 19.3 Å². The lowest BCUT2D eigenvalue weighted by Gasteiger charge is -2.30. The van der Waals surface area contributed by atoms with Gasteiger partial charge in [0.25, 0.3) is 5.91 Å². The summed E-state index contributed by atoms with van der Waals surface area (Å²) in [6.45, 7) is 4.52. The number of benzene rings is 1. The lowest BCUT2D eigenvalue weighted by atomic mass is 9.99. The van der Waals surface area contributed by atoms with Crippen molar-refractivity contribution in [3.63, 3.8) is 0 Å². The standard InChI is InChI=1S/C26H32N4O3/c1-32-25-8-7-22(28-11-3-2-4-12-28)17-23(25)26(31)29-14-15-33-19-20(18-29)16-21-6-5-13-30-24(21)9-10-27-30/h5-10,13,17,20H,2-4,11-12,14-16,18-19H2,1H3/t20-/m0/s1. The van der Waals surface area contributed by atoms with Crippen molar-refractivity contribution < 1.29 is 14.3 Å². The fourth-order valence-corrected chi connectivity index (χ4v) is 5.07. The van der Waals surface area contributed by atoms with Gasteiger partial charge >= 0.3 is 0 Å². The normalized spacial score (nSPS) is 19.5. The summed E-state index contributed by atoms with van der Waals surface area (Å²) in [6.07, 6.45) is 8.29. The lowest BCUT2D eigenvalue weighted by Crippen LogP contribution is -2.37. The second-order valence-electron chi connectivity index (χ2n) is 9.02. The average molecular weight is 449 g/mol. The van der Waals surface area contributed by atoms with Crippen LogP contribution in [0.1, 0.15) is 35.2 Å². The van der Waals surface area contributed by atoms with Gasteiger partial charge in [-0.25, -0.2) is 4.52 Å². The third-order valence-electron chi connectivity index (χ3n) is 6.79. The molecule has 2 aliphatic rings. The van der Waals surface area contributed by atoms with Gasteiger partial charge in [-0.1, -0.05) is 6.07 Å². The number of amides is 1. The first-order valence-electron chi connectivity index (χ1n) is 11.9. The molecule has 5 rings (SSSR count). The predicted molar refractivity (Wildman–Crippen MR) is 128 cm³/mol. The van der Waals surface area contributed by atoms with Crippen molar-refractivity contribution in [2.45, 2.75) is 25.7 Å². The van der Waals surface area contributed by atoms with Crippen molar-refractivity contribution in [3.8, 4) is 5.75 Å². The number of hydrogen-bond acceptors (Lipinski definition) is 5. The Balaban J connectivity index is 1.36. The van der Waals surface area contributed by atoms with E-state index in [0.29, 0.717) is 37.6 Å². The van der Waals surface area contributed by atoms with Crippen LogP contribution in [-0.2, 0) is 11.2 Å². The summed E-state index contributed by atoms with van der Waals surface area (Å²) >= 11 is 0. The molecule has 0 N–H and O–H groups in total. The number of pyridine rings is 1. The molecule has 3 aromatic rings. The molecule has 1 atom stereocenters. The number of methoxy groups -OCH3 is 1. The second-order valence-corrected chi connectivity index (χ2v) is 9.02. The number of rotatable bonds is 5. The molecule has 2 aromatic heterocycles. The van der Waals surface area contributed by atoms with E-state index in [4.69, 9.17) is 9.47 Å². The van der Waals surface area contributed by atoms with Gasteiger partial charge in [-0.2, -0.15) is 5.10 Å².